The third-order valence-corrected chi connectivity index (χ3v) is 2.97. The van der Waals surface area contributed by atoms with Crippen molar-refractivity contribution in [1.29, 1.82) is 0 Å². The predicted molar refractivity (Wildman–Crippen MR) is 79.1 cm³/mol. The number of carbonyl (C=O) groups is 1. The zero-order valence-corrected chi connectivity index (χ0v) is 12.3. The monoisotopic (exact) mass is 279 g/mol. The Bertz CT molecular complexity index is 500. The molecule has 1 amide bonds. The van der Waals surface area contributed by atoms with Crippen molar-refractivity contribution in [1.82, 2.24) is 4.90 Å². The topological polar surface area (TPSA) is 75.5 Å². The van der Waals surface area contributed by atoms with Crippen LogP contribution in [0.3, 0.4) is 0 Å². The van der Waals surface area contributed by atoms with E-state index in [9.17, 15) is 14.9 Å². The van der Waals surface area contributed by atoms with Crippen molar-refractivity contribution in [3.8, 4) is 0 Å². The average Bonchev–Trinajstić information content (AvgIpc) is 2.38. The molecule has 0 saturated carbocycles. The van der Waals surface area contributed by atoms with Gasteiger partial charge in [-0.25, -0.2) is 0 Å². The van der Waals surface area contributed by atoms with E-state index in [-0.39, 0.29) is 17.6 Å². The highest BCUT2D eigenvalue weighted by molar-refractivity contribution is 5.95. The molecule has 0 spiro atoms. The van der Waals surface area contributed by atoms with E-state index < -0.39 is 4.92 Å². The molecule has 6 nitrogen and oxygen atoms in total. The molecule has 1 aromatic rings. The maximum absolute atomic E-state index is 11.8. The first kappa shape index (κ1) is 15.9. The summed E-state index contributed by atoms with van der Waals surface area (Å²) in [4.78, 5) is 23.9. The second-order valence-corrected chi connectivity index (χ2v) is 5.02. The zero-order chi connectivity index (χ0) is 15.3. The maximum atomic E-state index is 11.8. The number of rotatable bonds is 6. The van der Waals surface area contributed by atoms with Gasteiger partial charge in [0.15, 0.2) is 0 Å². The summed E-state index contributed by atoms with van der Waals surface area (Å²) in [5.74, 6) is -0.249. The molecule has 0 bridgehead atoms. The fourth-order valence-electron chi connectivity index (χ4n) is 1.97. The molecule has 0 aliphatic rings. The lowest BCUT2D eigenvalue weighted by atomic mass is 10.1. The van der Waals surface area contributed by atoms with Crippen molar-refractivity contribution in [2.45, 2.75) is 32.7 Å². The summed E-state index contributed by atoms with van der Waals surface area (Å²) < 4.78 is 0. The van der Waals surface area contributed by atoms with Crippen LogP contribution in [0.4, 0.5) is 11.4 Å². The van der Waals surface area contributed by atoms with E-state index in [4.69, 9.17) is 0 Å². The van der Waals surface area contributed by atoms with Gasteiger partial charge in [0.05, 0.1) is 4.92 Å². The molecular formula is C14H21N3O3. The number of hydrogen-bond donors (Lipinski definition) is 1. The van der Waals surface area contributed by atoms with Gasteiger partial charge in [0.2, 0.25) is 0 Å². The molecule has 1 atom stereocenters. The summed E-state index contributed by atoms with van der Waals surface area (Å²) in [6.45, 7) is 4.04. The van der Waals surface area contributed by atoms with E-state index in [1.807, 2.05) is 6.92 Å². The Hall–Kier alpha value is -2.11. The Morgan fingerprint density at radius 1 is 1.45 bits per heavy atom. The van der Waals surface area contributed by atoms with Gasteiger partial charge < -0.3 is 10.2 Å². The summed E-state index contributed by atoms with van der Waals surface area (Å²) in [6, 6.07) is 4.68. The number of amides is 1. The number of nitro groups is 1. The number of benzene rings is 1. The summed E-state index contributed by atoms with van der Waals surface area (Å²) in [5, 5.41) is 14.3. The highest BCUT2D eigenvalue weighted by Crippen LogP contribution is 2.27. The molecule has 0 aliphatic carbocycles. The van der Waals surface area contributed by atoms with Gasteiger partial charge in [-0.05, 0) is 25.5 Å². The van der Waals surface area contributed by atoms with E-state index >= 15 is 0 Å². The maximum Gasteiger partial charge on any atom is 0.293 e. The summed E-state index contributed by atoms with van der Waals surface area (Å²) in [7, 11) is 3.23. The third kappa shape index (κ3) is 3.94. The van der Waals surface area contributed by atoms with Crippen LogP contribution in [-0.4, -0.2) is 35.9 Å². The molecular weight excluding hydrogens is 258 g/mol. The molecule has 0 aromatic heterocycles. The smallest absolute Gasteiger partial charge is 0.293 e. The minimum absolute atomic E-state index is 0.0688. The summed E-state index contributed by atoms with van der Waals surface area (Å²) in [5.41, 5.74) is 0.697. The van der Waals surface area contributed by atoms with Crippen molar-refractivity contribution in [3.63, 3.8) is 0 Å². The minimum Gasteiger partial charge on any atom is -0.377 e. The van der Waals surface area contributed by atoms with Gasteiger partial charge in [-0.15, -0.1) is 0 Å². The average molecular weight is 279 g/mol. The predicted octanol–water partition coefficient (Wildman–Crippen LogP) is 2.90. The highest BCUT2D eigenvalue weighted by atomic mass is 16.6. The van der Waals surface area contributed by atoms with Gasteiger partial charge in [0.1, 0.15) is 5.69 Å². The number of carbonyl (C=O) groups excluding carboxylic acids is 1. The standard InChI is InChI=1S/C14H21N3O3/c1-5-6-10(2)15-12-8-7-11(14(18)16(3)4)9-13(12)17(19)20/h7-10,15H,5-6H2,1-4H3. The second-order valence-electron chi connectivity index (χ2n) is 5.02. The Labute approximate surface area is 118 Å². The molecule has 1 aromatic carbocycles. The largest absolute Gasteiger partial charge is 0.377 e. The van der Waals surface area contributed by atoms with Gasteiger partial charge in [-0.1, -0.05) is 13.3 Å². The molecule has 0 saturated heterocycles. The number of hydrogen-bond acceptors (Lipinski definition) is 4. The summed E-state index contributed by atoms with van der Waals surface area (Å²) >= 11 is 0. The van der Waals surface area contributed by atoms with E-state index in [0.717, 1.165) is 12.8 Å². The van der Waals surface area contributed by atoms with Crippen molar-refractivity contribution in [2.75, 3.05) is 19.4 Å². The number of nitro benzene ring substituents is 1. The van der Waals surface area contributed by atoms with Crippen molar-refractivity contribution >= 4 is 17.3 Å². The van der Waals surface area contributed by atoms with Crippen molar-refractivity contribution < 1.29 is 9.72 Å². The fraction of sp³-hybridized carbons (Fsp3) is 0.500. The Morgan fingerprint density at radius 3 is 2.60 bits per heavy atom. The zero-order valence-electron chi connectivity index (χ0n) is 12.3. The van der Waals surface area contributed by atoms with Crippen LogP contribution in [-0.2, 0) is 0 Å². The van der Waals surface area contributed by atoms with Crippen LogP contribution in [0, 0.1) is 10.1 Å². The van der Waals surface area contributed by atoms with Crippen LogP contribution >= 0.6 is 0 Å². The molecule has 110 valence electrons. The lowest BCUT2D eigenvalue weighted by Gasteiger charge is -2.15. The van der Waals surface area contributed by atoms with Gasteiger partial charge in [0.25, 0.3) is 11.6 Å². The molecule has 0 heterocycles. The minimum atomic E-state index is -0.465. The second kappa shape index (κ2) is 6.88. The van der Waals surface area contributed by atoms with Crippen LogP contribution in [0.2, 0.25) is 0 Å². The molecule has 0 radical (unpaired) electrons. The van der Waals surface area contributed by atoms with E-state index in [1.54, 1.807) is 26.2 Å². The van der Waals surface area contributed by atoms with E-state index in [0.29, 0.717) is 11.3 Å². The van der Waals surface area contributed by atoms with Crippen LogP contribution in [0.1, 0.15) is 37.0 Å². The SMILES string of the molecule is CCCC(C)Nc1ccc(C(=O)N(C)C)cc1[N+](=O)[O-]. The first-order chi connectivity index (χ1) is 9.36. The van der Waals surface area contributed by atoms with Crippen LogP contribution in [0.25, 0.3) is 0 Å². The number of nitrogens with zero attached hydrogens (tertiary/aromatic N) is 2. The molecule has 1 rings (SSSR count). The molecule has 1 unspecified atom stereocenters. The van der Waals surface area contributed by atoms with Gasteiger partial charge in [0, 0.05) is 31.8 Å². The third-order valence-electron chi connectivity index (χ3n) is 2.97. The molecule has 0 aliphatic heterocycles. The van der Waals surface area contributed by atoms with Crippen LogP contribution < -0.4 is 5.32 Å². The number of nitrogens with one attached hydrogen (secondary N) is 1. The molecule has 1 N–H and O–H groups in total. The Balaban J connectivity index is 3.08. The first-order valence-electron chi connectivity index (χ1n) is 6.63. The van der Waals surface area contributed by atoms with Crippen LogP contribution in [0.15, 0.2) is 18.2 Å². The van der Waals surface area contributed by atoms with Gasteiger partial charge >= 0.3 is 0 Å². The van der Waals surface area contributed by atoms with Gasteiger partial charge in [-0.3, -0.25) is 14.9 Å². The molecule has 0 fully saturated rings. The first-order valence-corrected chi connectivity index (χ1v) is 6.63. The summed E-state index contributed by atoms with van der Waals surface area (Å²) in [6.07, 6.45) is 1.93. The van der Waals surface area contributed by atoms with E-state index in [2.05, 4.69) is 12.2 Å². The van der Waals surface area contributed by atoms with Crippen molar-refractivity contribution in [3.05, 3.63) is 33.9 Å². The number of anilines is 1. The normalized spacial score (nSPS) is 11.8. The highest BCUT2D eigenvalue weighted by Gasteiger charge is 2.19. The van der Waals surface area contributed by atoms with Crippen LogP contribution in [0.5, 0.6) is 0 Å². The van der Waals surface area contributed by atoms with Crippen molar-refractivity contribution in [2.24, 2.45) is 0 Å². The van der Waals surface area contributed by atoms with Gasteiger partial charge in [-0.2, -0.15) is 0 Å². The lowest BCUT2D eigenvalue weighted by Crippen LogP contribution is -2.22. The fourth-order valence-corrected chi connectivity index (χ4v) is 1.97. The molecule has 20 heavy (non-hydrogen) atoms. The molecule has 6 heteroatoms. The lowest BCUT2D eigenvalue weighted by molar-refractivity contribution is -0.384. The Morgan fingerprint density at radius 2 is 2.10 bits per heavy atom. The van der Waals surface area contributed by atoms with E-state index in [1.165, 1.54) is 11.0 Å². The quantitative estimate of drug-likeness (QED) is 0.641. The Kier molecular flexibility index (Phi) is 5.49.